The maximum Gasteiger partial charge on any atom is 0.153 e. The van der Waals surface area contributed by atoms with Gasteiger partial charge in [-0.05, 0) is 25.0 Å². The average molecular weight is 292 g/mol. The topological polar surface area (TPSA) is 68.5 Å². The molecule has 0 spiro atoms. The van der Waals surface area contributed by atoms with E-state index in [-0.39, 0.29) is 11.0 Å². The summed E-state index contributed by atoms with van der Waals surface area (Å²) >= 11 is 0. The summed E-state index contributed by atoms with van der Waals surface area (Å²) in [5.74, 6) is 0.282. The van der Waals surface area contributed by atoms with Gasteiger partial charge in [-0.15, -0.1) is 0 Å². The molecule has 0 bridgehead atoms. The van der Waals surface area contributed by atoms with Crippen LogP contribution < -0.4 is 0 Å². The minimum absolute atomic E-state index is 0.282. The van der Waals surface area contributed by atoms with Gasteiger partial charge in [0.15, 0.2) is 16.1 Å². The standard InChI is InChI=1S/C14H16N2O3S/c17-10-11-4-3-6-16-9-12(15-14(11)16)8-13-5-1-2-7-20(13,18)19/h3-4,6,9-10,13H,1-2,5,7-8H2. The molecule has 1 fully saturated rings. The molecular weight excluding hydrogens is 276 g/mol. The molecule has 0 aliphatic carbocycles. The zero-order valence-corrected chi connectivity index (χ0v) is 11.8. The first-order valence-electron chi connectivity index (χ1n) is 6.73. The highest BCUT2D eigenvalue weighted by Crippen LogP contribution is 2.23. The minimum Gasteiger partial charge on any atom is -0.306 e. The van der Waals surface area contributed by atoms with Gasteiger partial charge in [0, 0.05) is 18.8 Å². The van der Waals surface area contributed by atoms with Crippen LogP contribution in [0, 0.1) is 0 Å². The number of pyridine rings is 1. The van der Waals surface area contributed by atoms with Crippen molar-refractivity contribution in [2.75, 3.05) is 5.75 Å². The third kappa shape index (κ3) is 2.35. The predicted molar refractivity (Wildman–Crippen MR) is 75.7 cm³/mol. The molecule has 2 aromatic heterocycles. The third-order valence-electron chi connectivity index (χ3n) is 3.84. The molecule has 1 aliphatic rings. The number of aldehydes is 1. The summed E-state index contributed by atoms with van der Waals surface area (Å²) in [7, 11) is -2.99. The molecule has 2 aromatic rings. The highest BCUT2D eigenvalue weighted by atomic mass is 32.2. The van der Waals surface area contributed by atoms with E-state index in [0.717, 1.165) is 24.8 Å². The van der Waals surface area contributed by atoms with E-state index in [0.29, 0.717) is 24.1 Å². The fraction of sp³-hybridized carbons (Fsp3) is 0.429. The van der Waals surface area contributed by atoms with Crippen LogP contribution in [0.1, 0.15) is 35.3 Å². The molecule has 0 amide bonds. The van der Waals surface area contributed by atoms with Gasteiger partial charge in [-0.1, -0.05) is 6.42 Å². The Morgan fingerprint density at radius 2 is 2.25 bits per heavy atom. The summed E-state index contributed by atoms with van der Waals surface area (Å²) in [4.78, 5) is 15.4. The first-order chi connectivity index (χ1) is 9.60. The van der Waals surface area contributed by atoms with Gasteiger partial charge in [0.25, 0.3) is 0 Å². The van der Waals surface area contributed by atoms with E-state index in [9.17, 15) is 13.2 Å². The molecule has 0 aromatic carbocycles. The molecular formula is C14H16N2O3S. The number of carbonyl (C=O) groups is 1. The number of sulfone groups is 1. The van der Waals surface area contributed by atoms with Gasteiger partial charge >= 0.3 is 0 Å². The van der Waals surface area contributed by atoms with Gasteiger partial charge in [0.2, 0.25) is 0 Å². The molecule has 1 aliphatic heterocycles. The molecule has 3 rings (SSSR count). The van der Waals surface area contributed by atoms with Crippen LogP contribution in [-0.4, -0.2) is 35.1 Å². The van der Waals surface area contributed by atoms with E-state index >= 15 is 0 Å². The van der Waals surface area contributed by atoms with Gasteiger partial charge in [0.1, 0.15) is 5.65 Å². The Morgan fingerprint density at radius 1 is 1.40 bits per heavy atom. The zero-order valence-electron chi connectivity index (χ0n) is 11.0. The van der Waals surface area contributed by atoms with Crippen LogP contribution in [0.2, 0.25) is 0 Å². The van der Waals surface area contributed by atoms with E-state index in [4.69, 9.17) is 0 Å². The van der Waals surface area contributed by atoms with Crippen LogP contribution in [0.15, 0.2) is 24.5 Å². The number of imidazole rings is 1. The second kappa shape index (κ2) is 5.01. The fourth-order valence-electron chi connectivity index (χ4n) is 2.76. The molecule has 6 heteroatoms. The molecule has 0 N–H and O–H groups in total. The van der Waals surface area contributed by atoms with Gasteiger partial charge < -0.3 is 4.40 Å². The maximum atomic E-state index is 12.0. The summed E-state index contributed by atoms with van der Waals surface area (Å²) < 4.78 is 25.8. The van der Waals surface area contributed by atoms with Crippen molar-refractivity contribution in [1.82, 2.24) is 9.38 Å². The number of nitrogens with zero attached hydrogens (tertiary/aromatic N) is 2. The van der Waals surface area contributed by atoms with Crippen LogP contribution in [0.4, 0.5) is 0 Å². The van der Waals surface area contributed by atoms with Gasteiger partial charge in [-0.25, -0.2) is 13.4 Å². The highest BCUT2D eigenvalue weighted by molar-refractivity contribution is 7.92. The van der Waals surface area contributed by atoms with Crippen molar-refractivity contribution in [3.8, 4) is 0 Å². The Balaban J connectivity index is 1.93. The Hall–Kier alpha value is -1.69. The molecule has 5 nitrogen and oxygen atoms in total. The molecule has 20 heavy (non-hydrogen) atoms. The number of carbonyl (C=O) groups excluding carboxylic acids is 1. The lowest BCUT2D eigenvalue weighted by molar-refractivity contribution is 0.112. The summed E-state index contributed by atoms with van der Waals surface area (Å²) in [6.07, 6.45) is 7.25. The number of fused-ring (bicyclic) bond motifs is 1. The Bertz CT molecular complexity index is 749. The first kappa shape index (κ1) is 13.3. The summed E-state index contributed by atoms with van der Waals surface area (Å²) in [6, 6.07) is 3.48. The van der Waals surface area contributed by atoms with Crippen molar-refractivity contribution in [3.63, 3.8) is 0 Å². The highest BCUT2D eigenvalue weighted by Gasteiger charge is 2.29. The molecule has 0 saturated carbocycles. The van der Waals surface area contributed by atoms with E-state index < -0.39 is 9.84 Å². The van der Waals surface area contributed by atoms with E-state index in [1.807, 2.05) is 12.4 Å². The molecule has 1 unspecified atom stereocenters. The zero-order chi connectivity index (χ0) is 14.2. The summed E-state index contributed by atoms with van der Waals surface area (Å²) in [5, 5.41) is -0.333. The predicted octanol–water partition coefficient (Wildman–Crippen LogP) is 1.66. The molecule has 1 atom stereocenters. The lowest BCUT2D eigenvalue weighted by Gasteiger charge is -2.21. The van der Waals surface area contributed by atoms with Crippen LogP contribution in [0.3, 0.4) is 0 Å². The lowest BCUT2D eigenvalue weighted by Crippen LogP contribution is -2.30. The number of hydrogen-bond donors (Lipinski definition) is 0. The Kier molecular flexibility index (Phi) is 3.33. The summed E-state index contributed by atoms with van der Waals surface area (Å²) in [6.45, 7) is 0. The van der Waals surface area contributed by atoms with E-state index in [1.54, 1.807) is 16.5 Å². The fourth-order valence-corrected chi connectivity index (χ4v) is 4.65. The van der Waals surface area contributed by atoms with Crippen LogP contribution in [0.5, 0.6) is 0 Å². The second-order valence-corrected chi connectivity index (χ2v) is 7.63. The summed E-state index contributed by atoms with van der Waals surface area (Å²) in [5.41, 5.74) is 1.84. The Morgan fingerprint density at radius 3 is 3.00 bits per heavy atom. The Labute approximate surface area is 117 Å². The van der Waals surface area contributed by atoms with Crippen molar-refractivity contribution in [2.24, 2.45) is 0 Å². The second-order valence-electron chi connectivity index (χ2n) is 5.23. The average Bonchev–Trinajstić information content (AvgIpc) is 2.83. The van der Waals surface area contributed by atoms with Crippen molar-refractivity contribution in [1.29, 1.82) is 0 Å². The first-order valence-corrected chi connectivity index (χ1v) is 8.45. The molecule has 3 heterocycles. The molecule has 1 saturated heterocycles. The lowest BCUT2D eigenvalue weighted by atomic mass is 10.1. The normalized spacial score (nSPS) is 21.9. The number of hydrogen-bond acceptors (Lipinski definition) is 4. The maximum absolute atomic E-state index is 12.0. The van der Waals surface area contributed by atoms with Gasteiger partial charge in [-0.2, -0.15) is 0 Å². The van der Waals surface area contributed by atoms with E-state index in [1.165, 1.54) is 0 Å². The monoisotopic (exact) mass is 292 g/mol. The van der Waals surface area contributed by atoms with Crippen LogP contribution in [0.25, 0.3) is 5.65 Å². The molecule has 106 valence electrons. The van der Waals surface area contributed by atoms with Gasteiger partial charge in [0.05, 0.1) is 22.3 Å². The number of rotatable bonds is 3. The molecule has 0 radical (unpaired) electrons. The van der Waals surface area contributed by atoms with Crippen LogP contribution in [-0.2, 0) is 16.3 Å². The third-order valence-corrected chi connectivity index (χ3v) is 6.12. The smallest absolute Gasteiger partial charge is 0.153 e. The number of aromatic nitrogens is 2. The minimum atomic E-state index is -2.99. The van der Waals surface area contributed by atoms with Crippen molar-refractivity contribution >= 4 is 21.8 Å². The van der Waals surface area contributed by atoms with Crippen molar-refractivity contribution in [3.05, 3.63) is 35.8 Å². The van der Waals surface area contributed by atoms with Gasteiger partial charge in [-0.3, -0.25) is 4.79 Å². The van der Waals surface area contributed by atoms with Crippen molar-refractivity contribution in [2.45, 2.75) is 30.9 Å². The van der Waals surface area contributed by atoms with E-state index in [2.05, 4.69) is 4.98 Å². The van der Waals surface area contributed by atoms with Crippen molar-refractivity contribution < 1.29 is 13.2 Å². The quantitative estimate of drug-likeness (QED) is 0.807. The SMILES string of the molecule is O=Cc1cccn2cc(CC3CCCCS3(=O)=O)nc12. The van der Waals surface area contributed by atoms with Crippen LogP contribution >= 0.6 is 0 Å². The largest absolute Gasteiger partial charge is 0.306 e.